The SMILES string of the molecule is Cc1ccc(CNc2cc(C)c([N+](=O)[O-])cc2Br)cc1. The van der Waals surface area contributed by atoms with Crippen molar-refractivity contribution in [3.63, 3.8) is 0 Å². The molecule has 20 heavy (non-hydrogen) atoms. The lowest BCUT2D eigenvalue weighted by Gasteiger charge is -2.10. The lowest BCUT2D eigenvalue weighted by atomic mass is 10.1. The lowest BCUT2D eigenvalue weighted by Crippen LogP contribution is -2.01. The molecule has 0 bridgehead atoms. The predicted octanol–water partition coefficient (Wildman–Crippen LogP) is 4.59. The first-order valence-electron chi connectivity index (χ1n) is 6.21. The van der Waals surface area contributed by atoms with Gasteiger partial charge in [-0.1, -0.05) is 29.8 Å². The largest absolute Gasteiger partial charge is 0.380 e. The zero-order chi connectivity index (χ0) is 14.7. The summed E-state index contributed by atoms with van der Waals surface area (Å²) in [5, 5.41) is 14.1. The Bertz CT molecular complexity index is 639. The number of aryl methyl sites for hydroxylation is 2. The van der Waals surface area contributed by atoms with E-state index in [1.807, 2.05) is 6.92 Å². The molecule has 0 saturated carbocycles. The maximum Gasteiger partial charge on any atom is 0.273 e. The number of halogens is 1. The topological polar surface area (TPSA) is 55.2 Å². The Kier molecular flexibility index (Phi) is 4.39. The molecule has 0 fully saturated rings. The molecule has 5 heteroatoms. The Hall–Kier alpha value is -1.88. The summed E-state index contributed by atoms with van der Waals surface area (Å²) in [6, 6.07) is 11.6. The molecule has 104 valence electrons. The zero-order valence-electron chi connectivity index (χ0n) is 11.3. The molecule has 0 aliphatic heterocycles. The fraction of sp³-hybridized carbons (Fsp3) is 0.200. The second-order valence-corrected chi connectivity index (χ2v) is 5.57. The molecular formula is C15H15BrN2O2. The zero-order valence-corrected chi connectivity index (χ0v) is 12.9. The van der Waals surface area contributed by atoms with Crippen molar-refractivity contribution < 1.29 is 4.92 Å². The Morgan fingerprint density at radius 1 is 1.20 bits per heavy atom. The van der Waals surface area contributed by atoms with E-state index in [4.69, 9.17) is 0 Å². The minimum atomic E-state index is -0.371. The van der Waals surface area contributed by atoms with Gasteiger partial charge in [0.1, 0.15) is 0 Å². The van der Waals surface area contributed by atoms with Gasteiger partial charge in [-0.3, -0.25) is 10.1 Å². The van der Waals surface area contributed by atoms with Crippen LogP contribution in [0.1, 0.15) is 16.7 Å². The minimum absolute atomic E-state index is 0.123. The van der Waals surface area contributed by atoms with Crippen molar-refractivity contribution in [3.8, 4) is 0 Å². The van der Waals surface area contributed by atoms with Gasteiger partial charge in [0.25, 0.3) is 5.69 Å². The molecule has 0 amide bonds. The summed E-state index contributed by atoms with van der Waals surface area (Å²) >= 11 is 3.37. The highest BCUT2D eigenvalue weighted by atomic mass is 79.9. The molecule has 1 N–H and O–H groups in total. The van der Waals surface area contributed by atoms with E-state index < -0.39 is 0 Å². The Morgan fingerprint density at radius 2 is 1.85 bits per heavy atom. The number of nitrogens with one attached hydrogen (secondary N) is 1. The standard InChI is InChI=1S/C15H15BrN2O2/c1-10-3-5-12(6-4-10)9-17-14-7-11(2)15(18(19)20)8-13(14)16/h3-8,17H,9H2,1-2H3. The molecule has 2 rings (SSSR count). The molecule has 0 atom stereocenters. The lowest BCUT2D eigenvalue weighted by molar-refractivity contribution is -0.385. The monoisotopic (exact) mass is 334 g/mol. The van der Waals surface area contributed by atoms with Crippen molar-refractivity contribution in [2.24, 2.45) is 0 Å². The van der Waals surface area contributed by atoms with Crippen LogP contribution in [-0.2, 0) is 6.54 Å². The Labute approximate surface area is 126 Å². The highest BCUT2D eigenvalue weighted by Gasteiger charge is 2.13. The fourth-order valence-electron chi connectivity index (χ4n) is 1.91. The van der Waals surface area contributed by atoms with Crippen LogP contribution in [-0.4, -0.2) is 4.92 Å². The van der Waals surface area contributed by atoms with Gasteiger partial charge in [-0.05, 0) is 41.4 Å². The Morgan fingerprint density at radius 3 is 2.45 bits per heavy atom. The Balaban J connectivity index is 2.16. The quantitative estimate of drug-likeness (QED) is 0.657. The number of anilines is 1. The molecule has 0 unspecified atom stereocenters. The van der Waals surface area contributed by atoms with E-state index in [0.29, 0.717) is 16.6 Å². The number of hydrogen-bond acceptors (Lipinski definition) is 3. The molecule has 0 aromatic heterocycles. The third-order valence-corrected chi connectivity index (χ3v) is 3.74. The van der Waals surface area contributed by atoms with Gasteiger partial charge in [-0.15, -0.1) is 0 Å². The molecular weight excluding hydrogens is 320 g/mol. The number of rotatable bonds is 4. The van der Waals surface area contributed by atoms with Crippen LogP contribution in [0.5, 0.6) is 0 Å². The summed E-state index contributed by atoms with van der Waals surface area (Å²) < 4.78 is 0.696. The van der Waals surface area contributed by atoms with Gasteiger partial charge < -0.3 is 5.32 Å². The second-order valence-electron chi connectivity index (χ2n) is 4.71. The van der Waals surface area contributed by atoms with Crippen molar-refractivity contribution in [3.05, 3.63) is 67.7 Å². The van der Waals surface area contributed by atoms with E-state index in [9.17, 15) is 10.1 Å². The van der Waals surface area contributed by atoms with Crippen LogP contribution in [0.2, 0.25) is 0 Å². The summed E-state index contributed by atoms with van der Waals surface area (Å²) in [6.07, 6.45) is 0. The molecule has 0 aliphatic rings. The summed E-state index contributed by atoms with van der Waals surface area (Å²) in [4.78, 5) is 10.5. The van der Waals surface area contributed by atoms with E-state index in [1.54, 1.807) is 13.0 Å². The van der Waals surface area contributed by atoms with Crippen molar-refractivity contribution in [2.45, 2.75) is 20.4 Å². The summed E-state index contributed by atoms with van der Waals surface area (Å²) in [5.74, 6) is 0. The summed E-state index contributed by atoms with van der Waals surface area (Å²) in [7, 11) is 0. The minimum Gasteiger partial charge on any atom is -0.380 e. The third kappa shape index (κ3) is 3.36. The highest BCUT2D eigenvalue weighted by Crippen LogP contribution is 2.30. The third-order valence-electron chi connectivity index (χ3n) is 3.09. The number of benzene rings is 2. The van der Waals surface area contributed by atoms with E-state index in [0.717, 1.165) is 5.69 Å². The van der Waals surface area contributed by atoms with Crippen molar-refractivity contribution in [1.82, 2.24) is 0 Å². The van der Waals surface area contributed by atoms with Crippen LogP contribution in [0.3, 0.4) is 0 Å². The van der Waals surface area contributed by atoms with E-state index >= 15 is 0 Å². The van der Waals surface area contributed by atoms with Gasteiger partial charge in [-0.25, -0.2) is 0 Å². The first kappa shape index (κ1) is 14.5. The highest BCUT2D eigenvalue weighted by molar-refractivity contribution is 9.10. The van der Waals surface area contributed by atoms with Crippen LogP contribution >= 0.6 is 15.9 Å². The van der Waals surface area contributed by atoms with Crippen LogP contribution in [0.25, 0.3) is 0 Å². The smallest absolute Gasteiger partial charge is 0.273 e. The van der Waals surface area contributed by atoms with Crippen LogP contribution < -0.4 is 5.32 Å². The molecule has 0 heterocycles. The first-order chi connectivity index (χ1) is 9.47. The maximum atomic E-state index is 10.9. The molecule has 0 spiro atoms. The van der Waals surface area contributed by atoms with E-state index in [1.165, 1.54) is 17.2 Å². The number of nitro groups is 1. The van der Waals surface area contributed by atoms with Gasteiger partial charge in [0.05, 0.1) is 4.92 Å². The van der Waals surface area contributed by atoms with Crippen molar-refractivity contribution in [1.29, 1.82) is 0 Å². The summed E-state index contributed by atoms with van der Waals surface area (Å²) in [6.45, 7) is 4.46. The average Bonchev–Trinajstić information content (AvgIpc) is 2.41. The number of nitrogens with zero attached hydrogens (tertiary/aromatic N) is 1. The molecule has 4 nitrogen and oxygen atoms in total. The maximum absolute atomic E-state index is 10.9. The van der Waals surface area contributed by atoms with Crippen molar-refractivity contribution in [2.75, 3.05) is 5.32 Å². The molecule has 2 aromatic rings. The summed E-state index contributed by atoms with van der Waals surface area (Å²) in [5.41, 5.74) is 4.01. The van der Waals surface area contributed by atoms with Gasteiger partial charge in [0, 0.05) is 28.3 Å². The van der Waals surface area contributed by atoms with E-state index in [2.05, 4.69) is 45.5 Å². The first-order valence-corrected chi connectivity index (χ1v) is 7.00. The predicted molar refractivity (Wildman–Crippen MR) is 84.0 cm³/mol. The molecule has 0 aliphatic carbocycles. The van der Waals surface area contributed by atoms with Gasteiger partial charge in [0.2, 0.25) is 0 Å². The van der Waals surface area contributed by atoms with Gasteiger partial charge >= 0.3 is 0 Å². The molecule has 0 saturated heterocycles. The van der Waals surface area contributed by atoms with Gasteiger partial charge in [0.15, 0.2) is 0 Å². The second kappa shape index (κ2) is 6.05. The molecule has 2 aromatic carbocycles. The number of hydrogen-bond donors (Lipinski definition) is 1. The number of nitro benzene ring substituents is 1. The normalized spacial score (nSPS) is 10.3. The molecule has 0 radical (unpaired) electrons. The van der Waals surface area contributed by atoms with Crippen molar-refractivity contribution >= 4 is 27.3 Å². The average molecular weight is 335 g/mol. The van der Waals surface area contributed by atoms with Crippen LogP contribution in [0, 0.1) is 24.0 Å². The fourth-order valence-corrected chi connectivity index (χ4v) is 2.38. The van der Waals surface area contributed by atoms with E-state index in [-0.39, 0.29) is 10.6 Å². The van der Waals surface area contributed by atoms with Crippen LogP contribution in [0.4, 0.5) is 11.4 Å². The van der Waals surface area contributed by atoms with Crippen LogP contribution in [0.15, 0.2) is 40.9 Å². The van der Waals surface area contributed by atoms with Gasteiger partial charge in [-0.2, -0.15) is 0 Å².